The minimum absolute atomic E-state index is 0.144. The number of amides is 1. The lowest BCUT2D eigenvalue weighted by Crippen LogP contribution is -2.34. The fraction of sp³-hybridized carbons (Fsp3) is 0.500. The molecule has 0 N–H and O–H groups in total. The maximum absolute atomic E-state index is 12.6. The third-order valence-corrected chi connectivity index (χ3v) is 3.30. The third kappa shape index (κ3) is 4.11. The number of rotatable bonds is 6. The SMILES string of the molecule is CC(C)n1cc(Br)cc1C(=O)N(CCC#N)CCC#N. The van der Waals surface area contributed by atoms with Gasteiger partial charge in [-0.05, 0) is 35.8 Å². The molecular formula is C14H17BrN4O. The summed E-state index contributed by atoms with van der Waals surface area (Å²) in [6.45, 7) is 4.69. The first-order valence-corrected chi connectivity index (χ1v) is 7.21. The fourth-order valence-electron chi connectivity index (χ4n) is 1.89. The van der Waals surface area contributed by atoms with Crippen LogP contribution in [0.4, 0.5) is 0 Å². The molecule has 0 spiro atoms. The van der Waals surface area contributed by atoms with Gasteiger partial charge in [0.2, 0.25) is 0 Å². The smallest absolute Gasteiger partial charge is 0.270 e. The van der Waals surface area contributed by atoms with Crippen LogP contribution in [0.5, 0.6) is 0 Å². The van der Waals surface area contributed by atoms with E-state index in [0.717, 1.165) is 4.47 Å². The highest BCUT2D eigenvalue weighted by molar-refractivity contribution is 9.10. The molecular weight excluding hydrogens is 320 g/mol. The largest absolute Gasteiger partial charge is 0.340 e. The van der Waals surface area contributed by atoms with E-state index in [2.05, 4.69) is 15.9 Å². The summed E-state index contributed by atoms with van der Waals surface area (Å²) < 4.78 is 2.73. The first-order chi connectivity index (χ1) is 9.51. The Morgan fingerprint density at radius 1 is 1.35 bits per heavy atom. The van der Waals surface area contributed by atoms with Crippen molar-refractivity contribution >= 4 is 21.8 Å². The van der Waals surface area contributed by atoms with Gasteiger partial charge >= 0.3 is 0 Å². The molecule has 5 nitrogen and oxygen atoms in total. The molecule has 20 heavy (non-hydrogen) atoms. The van der Waals surface area contributed by atoms with Gasteiger partial charge in [-0.1, -0.05) is 0 Å². The van der Waals surface area contributed by atoms with Crippen molar-refractivity contribution in [1.29, 1.82) is 10.5 Å². The molecule has 0 bridgehead atoms. The number of nitrogens with zero attached hydrogens (tertiary/aromatic N) is 4. The Morgan fingerprint density at radius 2 is 1.90 bits per heavy atom. The number of hydrogen-bond donors (Lipinski definition) is 0. The molecule has 0 aliphatic rings. The van der Waals surface area contributed by atoms with Crippen LogP contribution in [0.3, 0.4) is 0 Å². The van der Waals surface area contributed by atoms with Crippen molar-refractivity contribution in [3.8, 4) is 12.1 Å². The highest BCUT2D eigenvalue weighted by Gasteiger charge is 2.20. The number of carbonyl (C=O) groups is 1. The Hall–Kier alpha value is -1.79. The summed E-state index contributed by atoms with van der Waals surface area (Å²) in [5.74, 6) is -0.144. The van der Waals surface area contributed by atoms with E-state index in [-0.39, 0.29) is 24.8 Å². The lowest BCUT2D eigenvalue weighted by Gasteiger charge is -2.22. The summed E-state index contributed by atoms with van der Waals surface area (Å²) in [5, 5.41) is 17.3. The van der Waals surface area contributed by atoms with Gasteiger partial charge in [0.1, 0.15) is 5.69 Å². The number of halogens is 1. The van der Waals surface area contributed by atoms with Gasteiger partial charge in [0.25, 0.3) is 5.91 Å². The van der Waals surface area contributed by atoms with Crippen molar-refractivity contribution < 1.29 is 4.79 Å². The zero-order valence-corrected chi connectivity index (χ0v) is 13.2. The predicted molar refractivity (Wildman–Crippen MR) is 78.9 cm³/mol. The Bertz CT molecular complexity index is 533. The minimum Gasteiger partial charge on any atom is -0.340 e. The topological polar surface area (TPSA) is 72.8 Å². The maximum atomic E-state index is 12.6. The lowest BCUT2D eigenvalue weighted by molar-refractivity contribution is 0.0750. The van der Waals surface area contributed by atoms with E-state index in [9.17, 15) is 4.79 Å². The molecule has 6 heteroatoms. The Morgan fingerprint density at radius 3 is 2.35 bits per heavy atom. The van der Waals surface area contributed by atoms with Crippen molar-refractivity contribution in [3.05, 3.63) is 22.4 Å². The molecule has 0 atom stereocenters. The second kappa shape index (κ2) is 7.72. The van der Waals surface area contributed by atoms with Gasteiger partial charge in [0, 0.05) is 29.8 Å². The molecule has 1 amide bonds. The van der Waals surface area contributed by atoms with E-state index in [1.165, 1.54) is 0 Å². The number of carbonyl (C=O) groups excluding carboxylic acids is 1. The Balaban J connectivity index is 2.99. The molecule has 0 saturated heterocycles. The standard InChI is InChI=1S/C14H17BrN4O/c1-11(2)19-10-12(15)9-13(19)14(20)18(7-3-5-16)8-4-6-17/h9-11H,3-4,7-8H2,1-2H3. The highest BCUT2D eigenvalue weighted by Crippen LogP contribution is 2.21. The second-order valence-electron chi connectivity index (χ2n) is 4.65. The van der Waals surface area contributed by atoms with Gasteiger partial charge in [0.15, 0.2) is 0 Å². The van der Waals surface area contributed by atoms with E-state index in [0.29, 0.717) is 18.8 Å². The lowest BCUT2D eigenvalue weighted by atomic mass is 10.2. The summed E-state index contributed by atoms with van der Waals surface area (Å²) in [6, 6.07) is 5.99. The Kier molecular flexibility index (Phi) is 6.27. The first-order valence-electron chi connectivity index (χ1n) is 6.41. The molecule has 0 unspecified atom stereocenters. The van der Waals surface area contributed by atoms with Crippen molar-refractivity contribution in [2.45, 2.75) is 32.7 Å². The third-order valence-electron chi connectivity index (χ3n) is 2.86. The van der Waals surface area contributed by atoms with Crippen LogP contribution >= 0.6 is 15.9 Å². The van der Waals surface area contributed by atoms with E-state index in [4.69, 9.17) is 10.5 Å². The molecule has 106 valence electrons. The fourth-order valence-corrected chi connectivity index (χ4v) is 2.33. The van der Waals surface area contributed by atoms with E-state index < -0.39 is 0 Å². The van der Waals surface area contributed by atoms with E-state index in [1.54, 1.807) is 11.0 Å². The zero-order valence-electron chi connectivity index (χ0n) is 11.6. The van der Waals surface area contributed by atoms with Crippen molar-refractivity contribution in [2.24, 2.45) is 0 Å². The molecule has 0 aromatic carbocycles. The quantitative estimate of drug-likeness (QED) is 0.801. The van der Waals surface area contributed by atoms with Crippen LogP contribution in [-0.2, 0) is 0 Å². The van der Waals surface area contributed by atoms with E-state index >= 15 is 0 Å². The van der Waals surface area contributed by atoms with Gasteiger partial charge in [-0.3, -0.25) is 4.79 Å². The molecule has 0 radical (unpaired) electrons. The molecule has 1 heterocycles. The van der Waals surface area contributed by atoms with Crippen LogP contribution in [0.25, 0.3) is 0 Å². The maximum Gasteiger partial charge on any atom is 0.270 e. The van der Waals surface area contributed by atoms with Gasteiger partial charge in [-0.15, -0.1) is 0 Å². The Labute approximate surface area is 127 Å². The summed E-state index contributed by atoms with van der Waals surface area (Å²) in [4.78, 5) is 14.1. The monoisotopic (exact) mass is 336 g/mol. The highest BCUT2D eigenvalue weighted by atomic mass is 79.9. The van der Waals surface area contributed by atoms with Crippen LogP contribution in [0.15, 0.2) is 16.7 Å². The average Bonchev–Trinajstić information content (AvgIpc) is 2.80. The second-order valence-corrected chi connectivity index (χ2v) is 5.57. The predicted octanol–water partition coefficient (Wildman–Crippen LogP) is 3.10. The summed E-state index contributed by atoms with van der Waals surface area (Å²) in [6.07, 6.45) is 2.39. The number of aromatic nitrogens is 1. The molecule has 0 fully saturated rings. The summed E-state index contributed by atoms with van der Waals surface area (Å²) in [7, 11) is 0. The van der Waals surface area contributed by atoms with Gasteiger partial charge in [-0.25, -0.2) is 0 Å². The van der Waals surface area contributed by atoms with Crippen LogP contribution < -0.4 is 0 Å². The molecule has 0 saturated carbocycles. The van der Waals surface area contributed by atoms with Gasteiger partial charge in [0.05, 0.1) is 25.0 Å². The molecule has 1 aromatic rings. The molecule has 0 aliphatic heterocycles. The van der Waals surface area contributed by atoms with Crippen molar-refractivity contribution in [1.82, 2.24) is 9.47 Å². The average molecular weight is 337 g/mol. The zero-order chi connectivity index (χ0) is 15.1. The minimum atomic E-state index is -0.144. The molecule has 0 aliphatic carbocycles. The van der Waals surface area contributed by atoms with Crippen LogP contribution in [-0.4, -0.2) is 28.5 Å². The van der Waals surface area contributed by atoms with Gasteiger partial charge < -0.3 is 9.47 Å². The number of nitriles is 2. The summed E-state index contributed by atoms with van der Waals surface area (Å²) >= 11 is 3.38. The van der Waals surface area contributed by atoms with Gasteiger partial charge in [-0.2, -0.15) is 10.5 Å². The molecule has 1 rings (SSSR count). The van der Waals surface area contributed by atoms with Crippen LogP contribution in [0.2, 0.25) is 0 Å². The van der Waals surface area contributed by atoms with E-state index in [1.807, 2.05) is 36.7 Å². The van der Waals surface area contributed by atoms with Crippen LogP contribution in [0.1, 0.15) is 43.2 Å². The van der Waals surface area contributed by atoms with Crippen molar-refractivity contribution in [2.75, 3.05) is 13.1 Å². The molecule has 1 aromatic heterocycles. The normalized spacial score (nSPS) is 10.1. The number of hydrogen-bond acceptors (Lipinski definition) is 3. The summed E-state index contributed by atoms with van der Waals surface area (Å²) in [5.41, 5.74) is 0.572. The first kappa shape index (κ1) is 16.3. The van der Waals surface area contributed by atoms with Crippen molar-refractivity contribution in [3.63, 3.8) is 0 Å². The van der Waals surface area contributed by atoms with Crippen LogP contribution in [0, 0.1) is 22.7 Å².